The van der Waals surface area contributed by atoms with Crippen LogP contribution in [0.15, 0.2) is 0 Å². The topological polar surface area (TPSA) is 295 Å². The summed E-state index contributed by atoms with van der Waals surface area (Å²) in [4.78, 5) is 35.4. The van der Waals surface area contributed by atoms with E-state index in [0.717, 1.165) is 20.8 Å². The number of aliphatic hydroxyl groups is 8. The van der Waals surface area contributed by atoms with Crippen molar-refractivity contribution in [1.29, 1.82) is 0 Å². The molecule has 0 bridgehead atoms. The van der Waals surface area contributed by atoms with Gasteiger partial charge in [-0.3, -0.25) is 14.4 Å². The van der Waals surface area contributed by atoms with E-state index < -0.39 is 129 Å². The van der Waals surface area contributed by atoms with Crippen molar-refractivity contribution in [3.63, 3.8) is 0 Å². The molecule has 0 aromatic rings. The van der Waals surface area contributed by atoms with Crippen molar-refractivity contribution in [2.75, 3.05) is 19.8 Å². The van der Waals surface area contributed by atoms with Crippen LogP contribution < -0.4 is 16.0 Å². The fourth-order valence-electron chi connectivity index (χ4n) is 5.17. The van der Waals surface area contributed by atoms with Gasteiger partial charge in [-0.05, 0) is 0 Å². The van der Waals surface area contributed by atoms with E-state index in [1.807, 2.05) is 0 Å². The van der Waals surface area contributed by atoms with Gasteiger partial charge in [-0.1, -0.05) is 0 Å². The summed E-state index contributed by atoms with van der Waals surface area (Å²) in [6.07, 6.45) is -18.9. The molecule has 0 aliphatic carbocycles. The van der Waals surface area contributed by atoms with Crippen molar-refractivity contribution >= 4 is 17.7 Å². The van der Waals surface area contributed by atoms with E-state index in [2.05, 4.69) is 16.0 Å². The molecular formula is C24H41N3O16. The standard InChI is InChI=1S/C24H41N3O16/c1-7(30)25-13-19(36)17(34)12(40-22(13)38)6-39-23-15(27-9(3)32)21(18(35)11(5-29)41-23)43-24-14(26-8(2)31)20(37)16(33)10(4-28)42-24/h10-24,28-29,33-38H,4-6H2,1-3H3,(H,25,30)(H,26,31)(H,27,32)/t10-,11-,12-,13-,14-,15-,16+,17+,18-,19-,20-,21-,22+,23-,24+/m1/s1. The van der Waals surface area contributed by atoms with E-state index in [4.69, 9.17) is 23.7 Å². The number of amides is 3. The molecule has 0 aromatic heterocycles. The molecule has 0 saturated carbocycles. The molecular weight excluding hydrogens is 586 g/mol. The van der Waals surface area contributed by atoms with E-state index in [1.54, 1.807) is 0 Å². The Kier molecular flexibility index (Phi) is 12.5. The number of hydrogen-bond acceptors (Lipinski definition) is 16. The summed E-state index contributed by atoms with van der Waals surface area (Å²) in [5.74, 6) is -1.90. The molecule has 11 N–H and O–H groups in total. The highest BCUT2D eigenvalue weighted by atomic mass is 16.7. The predicted molar refractivity (Wildman–Crippen MR) is 136 cm³/mol. The van der Waals surface area contributed by atoms with Crippen LogP contribution in [0.4, 0.5) is 0 Å². The SMILES string of the molecule is CC(=O)N[C@@H]1[C@@H](O)[C@@H](O)[C@@H](CO[C@@H]2O[C@H](CO)[C@@H](O)[C@H](O[C@@H]3O[C@H](CO)[C@H](O)[C@H](O)[C@H]3NC(C)=O)[C@H]2NC(C)=O)O[C@@H]1O. The average Bonchev–Trinajstić information content (AvgIpc) is 2.93. The molecule has 3 rings (SSSR count). The molecule has 3 heterocycles. The minimum atomic E-state index is -1.74. The molecule has 3 saturated heterocycles. The maximum atomic E-state index is 12.2. The molecule has 0 radical (unpaired) electrons. The van der Waals surface area contributed by atoms with Crippen LogP contribution in [0.25, 0.3) is 0 Å². The van der Waals surface area contributed by atoms with Crippen LogP contribution >= 0.6 is 0 Å². The molecule has 19 heteroatoms. The van der Waals surface area contributed by atoms with Gasteiger partial charge < -0.3 is 80.5 Å². The summed E-state index contributed by atoms with van der Waals surface area (Å²) >= 11 is 0. The monoisotopic (exact) mass is 627 g/mol. The molecule has 0 aromatic carbocycles. The number of hydrogen-bond donors (Lipinski definition) is 11. The highest BCUT2D eigenvalue weighted by Gasteiger charge is 2.53. The van der Waals surface area contributed by atoms with Gasteiger partial charge in [0.15, 0.2) is 18.9 Å². The third kappa shape index (κ3) is 8.34. The third-order valence-corrected chi connectivity index (χ3v) is 7.28. The smallest absolute Gasteiger partial charge is 0.217 e. The van der Waals surface area contributed by atoms with Crippen LogP contribution in [0.5, 0.6) is 0 Å². The first-order chi connectivity index (χ1) is 20.2. The minimum Gasteiger partial charge on any atom is -0.394 e. The molecule has 3 amide bonds. The Labute approximate surface area is 245 Å². The molecule has 3 aliphatic rings. The maximum Gasteiger partial charge on any atom is 0.217 e. The highest BCUT2D eigenvalue weighted by molar-refractivity contribution is 5.74. The van der Waals surface area contributed by atoms with Crippen molar-refractivity contribution in [2.24, 2.45) is 0 Å². The number of nitrogens with one attached hydrogen (secondary N) is 3. The van der Waals surface area contributed by atoms with Gasteiger partial charge in [-0.2, -0.15) is 0 Å². The van der Waals surface area contributed by atoms with Crippen molar-refractivity contribution < 1.29 is 78.9 Å². The largest absolute Gasteiger partial charge is 0.394 e. The lowest BCUT2D eigenvalue weighted by Gasteiger charge is -2.48. The fourth-order valence-corrected chi connectivity index (χ4v) is 5.17. The average molecular weight is 628 g/mol. The van der Waals surface area contributed by atoms with Crippen molar-refractivity contribution in [2.45, 2.75) is 113 Å². The Hall–Kier alpha value is -2.11. The Balaban J connectivity index is 1.84. The molecule has 43 heavy (non-hydrogen) atoms. The number of ether oxygens (including phenoxy) is 5. The third-order valence-electron chi connectivity index (χ3n) is 7.28. The first-order valence-electron chi connectivity index (χ1n) is 13.5. The van der Waals surface area contributed by atoms with E-state index >= 15 is 0 Å². The molecule has 3 aliphatic heterocycles. The van der Waals surface area contributed by atoms with Gasteiger partial charge in [0, 0.05) is 20.8 Å². The first-order valence-corrected chi connectivity index (χ1v) is 13.5. The second-order valence-electron chi connectivity index (χ2n) is 10.6. The van der Waals surface area contributed by atoms with E-state index in [9.17, 15) is 55.2 Å². The van der Waals surface area contributed by atoms with Gasteiger partial charge in [0.05, 0.1) is 19.8 Å². The lowest BCUT2D eigenvalue weighted by atomic mass is 9.94. The molecule has 0 spiro atoms. The van der Waals surface area contributed by atoms with Gasteiger partial charge in [0.1, 0.15) is 73.1 Å². The molecule has 19 nitrogen and oxygen atoms in total. The lowest BCUT2D eigenvalue weighted by Crippen LogP contribution is -2.70. The number of carbonyl (C=O) groups is 3. The summed E-state index contributed by atoms with van der Waals surface area (Å²) in [6, 6.07) is -4.16. The minimum absolute atomic E-state index is 0.588. The maximum absolute atomic E-state index is 12.2. The van der Waals surface area contributed by atoms with Gasteiger partial charge in [0.25, 0.3) is 0 Å². The normalized spacial score (nSPS) is 43.5. The molecule has 0 unspecified atom stereocenters. The summed E-state index contributed by atoms with van der Waals surface area (Å²) in [6.45, 7) is 1.25. The summed E-state index contributed by atoms with van der Waals surface area (Å²) in [5.41, 5.74) is 0. The Morgan fingerprint density at radius 2 is 1.07 bits per heavy atom. The molecule has 248 valence electrons. The van der Waals surface area contributed by atoms with Crippen LogP contribution in [0.2, 0.25) is 0 Å². The fraction of sp³-hybridized carbons (Fsp3) is 0.875. The lowest BCUT2D eigenvalue weighted by molar-refractivity contribution is -0.334. The second-order valence-corrected chi connectivity index (χ2v) is 10.6. The Morgan fingerprint density at radius 1 is 0.605 bits per heavy atom. The van der Waals surface area contributed by atoms with Crippen LogP contribution in [0.3, 0.4) is 0 Å². The van der Waals surface area contributed by atoms with E-state index in [-0.39, 0.29) is 0 Å². The first kappa shape index (κ1) is 35.4. The van der Waals surface area contributed by atoms with E-state index in [1.165, 1.54) is 0 Å². The van der Waals surface area contributed by atoms with Crippen LogP contribution in [0.1, 0.15) is 20.8 Å². The van der Waals surface area contributed by atoms with E-state index in [0.29, 0.717) is 0 Å². The second kappa shape index (κ2) is 15.3. The van der Waals surface area contributed by atoms with Crippen LogP contribution in [-0.2, 0) is 38.1 Å². The van der Waals surface area contributed by atoms with Crippen LogP contribution in [-0.4, -0.2) is 170 Å². The summed E-state index contributed by atoms with van der Waals surface area (Å²) < 4.78 is 28.1. The van der Waals surface area contributed by atoms with Gasteiger partial charge in [0.2, 0.25) is 17.7 Å². The summed E-state index contributed by atoms with van der Waals surface area (Å²) in [7, 11) is 0. The van der Waals surface area contributed by atoms with Gasteiger partial charge in [-0.15, -0.1) is 0 Å². The van der Waals surface area contributed by atoms with Crippen molar-refractivity contribution in [3.8, 4) is 0 Å². The number of aliphatic hydroxyl groups excluding tert-OH is 8. The number of rotatable bonds is 10. The zero-order valence-corrected chi connectivity index (χ0v) is 23.6. The van der Waals surface area contributed by atoms with Gasteiger partial charge >= 0.3 is 0 Å². The van der Waals surface area contributed by atoms with Crippen molar-refractivity contribution in [3.05, 3.63) is 0 Å². The molecule has 3 fully saturated rings. The number of carbonyl (C=O) groups excluding carboxylic acids is 3. The van der Waals surface area contributed by atoms with Gasteiger partial charge in [-0.25, -0.2) is 0 Å². The van der Waals surface area contributed by atoms with Crippen LogP contribution in [0, 0.1) is 0 Å². The quantitative estimate of drug-likeness (QED) is 0.107. The van der Waals surface area contributed by atoms with Crippen molar-refractivity contribution in [1.82, 2.24) is 16.0 Å². The Bertz CT molecular complexity index is 962. The summed E-state index contributed by atoms with van der Waals surface area (Å²) in [5, 5.41) is 89.7. The highest BCUT2D eigenvalue weighted by Crippen LogP contribution is 2.30. The molecule has 15 atom stereocenters. The Morgan fingerprint density at radius 3 is 1.63 bits per heavy atom. The zero-order chi connectivity index (χ0) is 32.2. The zero-order valence-electron chi connectivity index (χ0n) is 23.6. The predicted octanol–water partition coefficient (Wildman–Crippen LogP) is -7.14.